The quantitative estimate of drug-likeness (QED) is 0.835. The van der Waals surface area contributed by atoms with Crippen molar-refractivity contribution in [2.75, 3.05) is 12.3 Å². The third-order valence-electron chi connectivity index (χ3n) is 2.14. The van der Waals surface area contributed by atoms with Crippen molar-refractivity contribution < 1.29 is 0 Å². The molecule has 16 heavy (non-hydrogen) atoms. The van der Waals surface area contributed by atoms with Crippen LogP contribution in [0.5, 0.6) is 0 Å². The predicted octanol–water partition coefficient (Wildman–Crippen LogP) is 1.26. The number of aryl methyl sites for hydroxylation is 1. The summed E-state index contributed by atoms with van der Waals surface area (Å²) < 4.78 is 1.64. The van der Waals surface area contributed by atoms with Gasteiger partial charge in [-0.3, -0.25) is 9.20 Å². The SMILES string of the molecule is Cc1csc2nc(CSCCN)cc(=O)n12. The van der Waals surface area contributed by atoms with Crippen LogP contribution in [0.1, 0.15) is 11.4 Å². The number of nitrogens with two attached hydrogens (primary N) is 1. The number of hydrogen-bond donors (Lipinski definition) is 1. The van der Waals surface area contributed by atoms with Gasteiger partial charge in [-0.15, -0.1) is 11.3 Å². The van der Waals surface area contributed by atoms with Crippen molar-refractivity contribution in [2.24, 2.45) is 5.73 Å². The Hall–Kier alpha value is -0.850. The topological polar surface area (TPSA) is 60.4 Å². The molecule has 86 valence electrons. The molecule has 2 heterocycles. The van der Waals surface area contributed by atoms with Crippen LogP contribution < -0.4 is 11.3 Å². The lowest BCUT2D eigenvalue weighted by Gasteiger charge is -2.00. The van der Waals surface area contributed by atoms with E-state index in [1.54, 1.807) is 22.2 Å². The van der Waals surface area contributed by atoms with Crippen LogP contribution in [0.15, 0.2) is 16.2 Å². The first-order valence-corrected chi connectivity index (χ1v) is 7.00. The third kappa shape index (κ3) is 2.28. The van der Waals surface area contributed by atoms with Crippen LogP contribution in [0.4, 0.5) is 0 Å². The number of nitrogens with zero attached hydrogens (tertiary/aromatic N) is 2. The second-order valence-electron chi connectivity index (χ2n) is 3.42. The molecular formula is C10H13N3OS2. The number of fused-ring (bicyclic) bond motifs is 1. The number of thiazole rings is 1. The molecule has 0 spiro atoms. The molecule has 0 amide bonds. The van der Waals surface area contributed by atoms with Crippen molar-refractivity contribution in [2.45, 2.75) is 12.7 Å². The van der Waals surface area contributed by atoms with E-state index in [1.807, 2.05) is 12.3 Å². The maximum atomic E-state index is 11.8. The zero-order valence-electron chi connectivity index (χ0n) is 8.97. The number of aromatic nitrogens is 2. The van der Waals surface area contributed by atoms with Gasteiger partial charge >= 0.3 is 0 Å². The van der Waals surface area contributed by atoms with E-state index in [2.05, 4.69) is 4.98 Å². The molecule has 0 atom stereocenters. The minimum absolute atomic E-state index is 0.00657. The summed E-state index contributed by atoms with van der Waals surface area (Å²) in [5, 5.41) is 1.94. The Balaban J connectivity index is 2.32. The molecule has 0 bridgehead atoms. The molecule has 6 heteroatoms. The standard InChI is InChI=1S/C10H13N3OS2/c1-7-5-16-10-12-8(6-15-3-2-11)4-9(14)13(7)10/h4-5H,2-3,6,11H2,1H3. The molecule has 0 aliphatic heterocycles. The fourth-order valence-corrected chi connectivity index (χ4v) is 2.99. The first-order chi connectivity index (χ1) is 7.72. The van der Waals surface area contributed by atoms with Crippen LogP contribution in [0.25, 0.3) is 4.96 Å². The van der Waals surface area contributed by atoms with E-state index in [-0.39, 0.29) is 5.56 Å². The second-order valence-corrected chi connectivity index (χ2v) is 5.36. The summed E-state index contributed by atoms with van der Waals surface area (Å²) in [6, 6.07) is 1.61. The molecule has 0 aliphatic rings. The minimum atomic E-state index is 0.00657. The van der Waals surface area contributed by atoms with E-state index in [0.717, 1.165) is 27.9 Å². The molecule has 2 aromatic heterocycles. The molecule has 0 aliphatic carbocycles. The Morgan fingerprint density at radius 3 is 3.19 bits per heavy atom. The fourth-order valence-electron chi connectivity index (χ4n) is 1.43. The maximum Gasteiger partial charge on any atom is 0.258 e. The molecule has 2 aromatic rings. The van der Waals surface area contributed by atoms with Crippen LogP contribution >= 0.6 is 23.1 Å². The van der Waals surface area contributed by atoms with Crippen molar-refractivity contribution in [3.05, 3.63) is 33.2 Å². The molecule has 0 saturated heterocycles. The summed E-state index contributed by atoms with van der Waals surface area (Å²) in [6.07, 6.45) is 0. The zero-order chi connectivity index (χ0) is 11.5. The van der Waals surface area contributed by atoms with E-state index in [9.17, 15) is 4.79 Å². The smallest absolute Gasteiger partial charge is 0.258 e. The van der Waals surface area contributed by atoms with E-state index < -0.39 is 0 Å². The van der Waals surface area contributed by atoms with Gasteiger partial charge in [-0.05, 0) is 6.92 Å². The zero-order valence-corrected chi connectivity index (χ0v) is 10.6. The molecule has 0 fully saturated rings. The van der Waals surface area contributed by atoms with Crippen LogP contribution in [0.3, 0.4) is 0 Å². The Kier molecular flexibility index (Phi) is 3.63. The van der Waals surface area contributed by atoms with Gasteiger partial charge < -0.3 is 5.73 Å². The fraction of sp³-hybridized carbons (Fsp3) is 0.400. The molecule has 0 unspecified atom stereocenters. The highest BCUT2D eigenvalue weighted by Crippen LogP contribution is 2.14. The van der Waals surface area contributed by atoms with E-state index in [0.29, 0.717) is 6.54 Å². The highest BCUT2D eigenvalue weighted by molar-refractivity contribution is 7.98. The van der Waals surface area contributed by atoms with E-state index in [4.69, 9.17) is 5.73 Å². The summed E-state index contributed by atoms with van der Waals surface area (Å²) in [4.78, 5) is 17.0. The van der Waals surface area contributed by atoms with Crippen molar-refractivity contribution in [3.63, 3.8) is 0 Å². The Bertz CT molecular complexity index is 546. The molecular weight excluding hydrogens is 242 g/mol. The minimum Gasteiger partial charge on any atom is -0.330 e. The lowest BCUT2D eigenvalue weighted by molar-refractivity contribution is 0.997. The lowest BCUT2D eigenvalue weighted by Crippen LogP contribution is -2.14. The molecule has 4 nitrogen and oxygen atoms in total. The average molecular weight is 255 g/mol. The largest absolute Gasteiger partial charge is 0.330 e. The monoisotopic (exact) mass is 255 g/mol. The molecule has 0 saturated carbocycles. The molecule has 0 radical (unpaired) electrons. The number of hydrogen-bond acceptors (Lipinski definition) is 5. The van der Waals surface area contributed by atoms with Crippen LogP contribution in [0.2, 0.25) is 0 Å². The van der Waals surface area contributed by atoms with Crippen LogP contribution in [0, 0.1) is 6.92 Å². The lowest BCUT2D eigenvalue weighted by atomic mass is 10.4. The maximum absolute atomic E-state index is 11.8. The van der Waals surface area contributed by atoms with Gasteiger partial charge in [0.1, 0.15) is 0 Å². The van der Waals surface area contributed by atoms with Crippen molar-refractivity contribution in [1.82, 2.24) is 9.38 Å². The van der Waals surface area contributed by atoms with Crippen molar-refractivity contribution >= 4 is 28.1 Å². The number of rotatable bonds is 4. The summed E-state index contributed by atoms with van der Waals surface area (Å²) in [5.74, 6) is 1.64. The molecule has 0 aromatic carbocycles. The van der Waals surface area contributed by atoms with Gasteiger partial charge in [0.05, 0.1) is 5.69 Å². The second kappa shape index (κ2) is 4.99. The first kappa shape index (κ1) is 11.6. The van der Waals surface area contributed by atoms with Gasteiger partial charge in [-0.1, -0.05) is 0 Å². The third-order valence-corrected chi connectivity index (χ3v) is 4.11. The van der Waals surface area contributed by atoms with Gasteiger partial charge in [0.25, 0.3) is 5.56 Å². The average Bonchev–Trinajstić information content (AvgIpc) is 2.61. The normalized spacial score (nSPS) is 11.1. The van der Waals surface area contributed by atoms with Crippen LogP contribution in [-0.2, 0) is 5.75 Å². The van der Waals surface area contributed by atoms with Gasteiger partial charge in [0.15, 0.2) is 4.96 Å². The molecule has 2 rings (SSSR count). The highest BCUT2D eigenvalue weighted by atomic mass is 32.2. The Morgan fingerprint density at radius 2 is 2.44 bits per heavy atom. The first-order valence-electron chi connectivity index (χ1n) is 4.97. The summed E-state index contributed by atoms with van der Waals surface area (Å²) in [7, 11) is 0. The Labute approximate surface area is 102 Å². The highest BCUT2D eigenvalue weighted by Gasteiger charge is 2.05. The van der Waals surface area contributed by atoms with E-state index in [1.165, 1.54) is 11.3 Å². The summed E-state index contributed by atoms with van der Waals surface area (Å²) in [5.41, 5.74) is 7.20. The Morgan fingerprint density at radius 1 is 1.62 bits per heavy atom. The summed E-state index contributed by atoms with van der Waals surface area (Å²) in [6.45, 7) is 2.57. The predicted molar refractivity (Wildman–Crippen MR) is 69.3 cm³/mol. The summed E-state index contributed by atoms with van der Waals surface area (Å²) >= 11 is 3.20. The number of thioether (sulfide) groups is 1. The van der Waals surface area contributed by atoms with Gasteiger partial charge in [0, 0.05) is 35.2 Å². The van der Waals surface area contributed by atoms with Gasteiger partial charge in [-0.25, -0.2) is 4.98 Å². The van der Waals surface area contributed by atoms with Gasteiger partial charge in [0.2, 0.25) is 0 Å². The van der Waals surface area contributed by atoms with Crippen LogP contribution in [-0.4, -0.2) is 21.7 Å². The van der Waals surface area contributed by atoms with Gasteiger partial charge in [-0.2, -0.15) is 11.8 Å². The van der Waals surface area contributed by atoms with E-state index >= 15 is 0 Å². The molecule has 2 N–H and O–H groups in total. The van der Waals surface area contributed by atoms with Crippen molar-refractivity contribution in [1.29, 1.82) is 0 Å². The van der Waals surface area contributed by atoms with Crippen molar-refractivity contribution in [3.8, 4) is 0 Å².